The van der Waals surface area contributed by atoms with Crippen LogP contribution in [0.3, 0.4) is 0 Å². The molecule has 0 atom stereocenters. The van der Waals surface area contributed by atoms with Gasteiger partial charge in [-0.25, -0.2) is 4.79 Å². The molecule has 21 heavy (non-hydrogen) atoms. The molecule has 110 valence electrons. The van der Waals surface area contributed by atoms with Gasteiger partial charge in [0, 0.05) is 16.7 Å². The second kappa shape index (κ2) is 6.76. The van der Waals surface area contributed by atoms with Gasteiger partial charge in [0.05, 0.1) is 12.7 Å². The van der Waals surface area contributed by atoms with E-state index in [1.54, 1.807) is 12.1 Å². The monoisotopic (exact) mass is 347 g/mol. The van der Waals surface area contributed by atoms with Gasteiger partial charge in [-0.2, -0.15) is 0 Å². The number of benzene rings is 2. The van der Waals surface area contributed by atoms with E-state index < -0.39 is 0 Å². The minimum absolute atomic E-state index is 0.329. The van der Waals surface area contributed by atoms with Crippen LogP contribution < -0.4 is 5.32 Å². The molecule has 0 aliphatic carbocycles. The Morgan fingerprint density at radius 2 is 1.95 bits per heavy atom. The van der Waals surface area contributed by atoms with Crippen molar-refractivity contribution in [2.24, 2.45) is 0 Å². The Kier molecular flexibility index (Phi) is 5.02. The number of esters is 1. The summed E-state index contributed by atoms with van der Waals surface area (Å²) in [6.07, 6.45) is 0. The Balaban J connectivity index is 2.13. The quantitative estimate of drug-likeness (QED) is 0.829. The Labute approximate surface area is 133 Å². The molecular formula is C17H18BrNO2. The number of hydrogen-bond donors (Lipinski definition) is 1. The van der Waals surface area contributed by atoms with Crippen LogP contribution in [0.2, 0.25) is 0 Å². The van der Waals surface area contributed by atoms with Gasteiger partial charge in [-0.3, -0.25) is 0 Å². The van der Waals surface area contributed by atoms with Crippen LogP contribution in [0.25, 0.3) is 0 Å². The largest absolute Gasteiger partial charge is 0.465 e. The van der Waals surface area contributed by atoms with E-state index >= 15 is 0 Å². The molecule has 0 unspecified atom stereocenters. The molecule has 0 heterocycles. The number of rotatable bonds is 4. The van der Waals surface area contributed by atoms with Gasteiger partial charge < -0.3 is 10.1 Å². The van der Waals surface area contributed by atoms with Crippen LogP contribution in [-0.4, -0.2) is 13.1 Å². The van der Waals surface area contributed by atoms with Crippen LogP contribution in [0.4, 0.5) is 5.69 Å². The van der Waals surface area contributed by atoms with Gasteiger partial charge in [-0.15, -0.1) is 0 Å². The second-order valence-corrected chi connectivity index (χ2v) is 5.82. The molecule has 2 aromatic rings. The number of halogens is 1. The molecule has 0 aliphatic rings. The summed E-state index contributed by atoms with van der Waals surface area (Å²) < 4.78 is 5.61. The van der Waals surface area contributed by atoms with Crippen LogP contribution >= 0.6 is 15.9 Å². The summed E-state index contributed by atoms with van der Waals surface area (Å²) in [6.45, 7) is 4.84. The average molecular weight is 348 g/mol. The van der Waals surface area contributed by atoms with E-state index in [0.29, 0.717) is 12.1 Å². The number of anilines is 1. The number of carbonyl (C=O) groups excluding carboxylic acids is 1. The van der Waals surface area contributed by atoms with Gasteiger partial charge in [-0.1, -0.05) is 34.1 Å². The standard InChI is InChI=1S/C17H18BrNO2/c1-11-4-5-12(2)16(8-11)19-10-14-7-6-13(9-15(14)18)17(20)21-3/h4-9,19H,10H2,1-3H3. The molecule has 0 radical (unpaired) electrons. The average Bonchev–Trinajstić information content (AvgIpc) is 2.48. The molecule has 3 nitrogen and oxygen atoms in total. The van der Waals surface area contributed by atoms with Gasteiger partial charge in [0.2, 0.25) is 0 Å². The smallest absolute Gasteiger partial charge is 0.337 e. The zero-order chi connectivity index (χ0) is 15.4. The first-order valence-electron chi connectivity index (χ1n) is 6.69. The fraction of sp³-hybridized carbons (Fsp3) is 0.235. The van der Waals surface area contributed by atoms with Crippen LogP contribution in [0, 0.1) is 13.8 Å². The summed E-state index contributed by atoms with van der Waals surface area (Å²) in [5.41, 5.74) is 5.19. The van der Waals surface area contributed by atoms with Crippen molar-refractivity contribution in [1.82, 2.24) is 0 Å². The van der Waals surface area contributed by atoms with E-state index in [4.69, 9.17) is 4.74 Å². The summed E-state index contributed by atoms with van der Waals surface area (Å²) in [4.78, 5) is 11.5. The molecule has 0 bridgehead atoms. The first-order valence-corrected chi connectivity index (χ1v) is 7.48. The normalized spacial score (nSPS) is 10.3. The first-order chi connectivity index (χ1) is 10.0. The molecule has 1 N–H and O–H groups in total. The first kappa shape index (κ1) is 15.6. The summed E-state index contributed by atoms with van der Waals surface area (Å²) >= 11 is 3.50. The number of carbonyl (C=O) groups is 1. The predicted molar refractivity (Wildman–Crippen MR) is 88.7 cm³/mol. The zero-order valence-electron chi connectivity index (χ0n) is 12.4. The van der Waals surface area contributed by atoms with E-state index in [9.17, 15) is 4.79 Å². The Bertz CT molecular complexity index is 668. The Hall–Kier alpha value is -1.81. The summed E-state index contributed by atoms with van der Waals surface area (Å²) in [5, 5.41) is 3.43. The lowest BCUT2D eigenvalue weighted by atomic mass is 10.1. The SMILES string of the molecule is COC(=O)c1ccc(CNc2cc(C)ccc2C)c(Br)c1. The predicted octanol–water partition coefficient (Wildman–Crippen LogP) is 4.46. The van der Waals surface area contributed by atoms with Crippen molar-refractivity contribution in [3.8, 4) is 0 Å². The van der Waals surface area contributed by atoms with Crippen molar-refractivity contribution in [2.75, 3.05) is 12.4 Å². The summed E-state index contributed by atoms with van der Waals surface area (Å²) in [6, 6.07) is 11.8. The highest BCUT2D eigenvalue weighted by Crippen LogP contribution is 2.22. The van der Waals surface area contributed by atoms with Crippen molar-refractivity contribution < 1.29 is 9.53 Å². The van der Waals surface area contributed by atoms with E-state index in [-0.39, 0.29) is 5.97 Å². The molecule has 2 aromatic carbocycles. The lowest BCUT2D eigenvalue weighted by Crippen LogP contribution is -2.05. The lowest BCUT2D eigenvalue weighted by Gasteiger charge is -2.12. The van der Waals surface area contributed by atoms with Gasteiger partial charge in [0.1, 0.15) is 0 Å². The van der Waals surface area contributed by atoms with Crippen LogP contribution in [0.1, 0.15) is 27.0 Å². The highest BCUT2D eigenvalue weighted by atomic mass is 79.9. The van der Waals surface area contributed by atoms with Crippen LogP contribution in [-0.2, 0) is 11.3 Å². The number of nitrogens with one attached hydrogen (secondary N) is 1. The molecule has 0 fully saturated rings. The van der Waals surface area contributed by atoms with Gasteiger partial charge in [0.25, 0.3) is 0 Å². The molecule has 0 saturated carbocycles. The van der Waals surface area contributed by atoms with Crippen molar-refractivity contribution >= 4 is 27.6 Å². The van der Waals surface area contributed by atoms with Crippen molar-refractivity contribution in [3.05, 3.63) is 63.1 Å². The Morgan fingerprint density at radius 1 is 1.19 bits per heavy atom. The van der Waals surface area contributed by atoms with E-state index in [2.05, 4.69) is 53.3 Å². The minimum atomic E-state index is -0.329. The van der Waals surface area contributed by atoms with E-state index in [0.717, 1.165) is 15.7 Å². The van der Waals surface area contributed by atoms with Crippen molar-refractivity contribution in [3.63, 3.8) is 0 Å². The van der Waals surface area contributed by atoms with E-state index in [1.807, 2.05) is 6.07 Å². The highest BCUT2D eigenvalue weighted by molar-refractivity contribution is 9.10. The second-order valence-electron chi connectivity index (χ2n) is 4.97. The number of ether oxygens (including phenoxy) is 1. The van der Waals surface area contributed by atoms with Crippen molar-refractivity contribution in [2.45, 2.75) is 20.4 Å². The lowest BCUT2D eigenvalue weighted by molar-refractivity contribution is 0.0600. The molecule has 0 spiro atoms. The molecule has 0 aliphatic heterocycles. The molecule has 0 amide bonds. The summed E-state index contributed by atoms with van der Waals surface area (Å²) in [5.74, 6) is -0.329. The maximum Gasteiger partial charge on any atom is 0.337 e. The number of hydrogen-bond acceptors (Lipinski definition) is 3. The molecule has 2 rings (SSSR count). The summed E-state index contributed by atoms with van der Waals surface area (Å²) in [7, 11) is 1.38. The maximum absolute atomic E-state index is 11.5. The molecule has 0 saturated heterocycles. The van der Waals surface area contributed by atoms with Gasteiger partial charge >= 0.3 is 5.97 Å². The van der Waals surface area contributed by atoms with Crippen LogP contribution in [0.5, 0.6) is 0 Å². The van der Waals surface area contributed by atoms with Crippen molar-refractivity contribution in [1.29, 1.82) is 0 Å². The fourth-order valence-electron chi connectivity index (χ4n) is 2.05. The Morgan fingerprint density at radius 3 is 2.62 bits per heavy atom. The van der Waals surface area contributed by atoms with E-state index in [1.165, 1.54) is 18.2 Å². The topological polar surface area (TPSA) is 38.3 Å². The maximum atomic E-state index is 11.5. The molecule has 4 heteroatoms. The highest BCUT2D eigenvalue weighted by Gasteiger charge is 2.08. The van der Waals surface area contributed by atoms with Gasteiger partial charge in [0.15, 0.2) is 0 Å². The molecule has 0 aromatic heterocycles. The number of methoxy groups -OCH3 is 1. The molecular weight excluding hydrogens is 330 g/mol. The third-order valence-electron chi connectivity index (χ3n) is 3.34. The van der Waals surface area contributed by atoms with Gasteiger partial charge in [-0.05, 0) is 48.7 Å². The number of aryl methyl sites for hydroxylation is 2. The third kappa shape index (κ3) is 3.85. The van der Waals surface area contributed by atoms with Crippen LogP contribution in [0.15, 0.2) is 40.9 Å². The minimum Gasteiger partial charge on any atom is -0.465 e. The zero-order valence-corrected chi connectivity index (χ0v) is 14.0. The third-order valence-corrected chi connectivity index (χ3v) is 4.07. The fourth-order valence-corrected chi connectivity index (χ4v) is 2.57.